The molecule has 13 amide bonds. The summed E-state index contributed by atoms with van der Waals surface area (Å²) in [6, 6.07) is -8.82. The second-order valence-corrected chi connectivity index (χ2v) is 30.1. The molecule has 0 saturated carbocycles. The lowest BCUT2D eigenvalue weighted by atomic mass is 9.95. The highest BCUT2D eigenvalue weighted by atomic mass is 16.4. The number of aliphatic carboxylic acids is 1. The van der Waals surface area contributed by atoms with Gasteiger partial charge in [-0.05, 0) is 146 Å². The number of nitrogens with zero attached hydrogens (tertiary/aromatic N) is 4. The van der Waals surface area contributed by atoms with E-state index in [1.54, 1.807) is 67.5 Å². The van der Waals surface area contributed by atoms with Gasteiger partial charge < -0.3 is 130 Å². The van der Waals surface area contributed by atoms with E-state index in [0.29, 0.717) is 19.3 Å². The number of benzene rings is 1. The molecule has 115 heavy (non-hydrogen) atoms. The first-order valence-electron chi connectivity index (χ1n) is 39.2. The molecule has 0 bridgehead atoms. The smallest absolute Gasteiger partial charge is 0.326 e. The molecule has 41 nitrogen and oxygen atoms in total. The number of hydrogen-bond donors (Lipinski definition) is 23. The van der Waals surface area contributed by atoms with Gasteiger partial charge in [-0.15, -0.1) is 0 Å². The first-order chi connectivity index (χ1) is 54.0. The SMILES string of the molecule is CC[C@H](C)[C@H](NC(=O)[C@H](CC(C)C)NC(=O)[C@H](C)NC(=O)[C@@H]1CCCN1C(=O)[C@H](CCCN=C(N)N)NC(=O)[C@@H](N)Cc1ccccc1)C(=O)N[C@H](C(=O)N[C@@H](CCCN=C(N)N)C(=O)N[C@H](C(=O)N[C@@H](CCCCN)C(=O)NCC(=O)N[C@H](C(=O)N[C@@H](CCCN=C(N)N)C(=O)N[C@@H](CC(C)C)C(=O)O)[C@H](C)O)[C@H](C)O)C(C)C. The molecule has 1 aromatic carbocycles. The largest absolute Gasteiger partial charge is 0.480 e. The van der Waals surface area contributed by atoms with Crippen LogP contribution in [-0.4, -0.2) is 251 Å². The molecule has 1 fully saturated rings. The lowest BCUT2D eigenvalue weighted by Gasteiger charge is -2.31. The fourth-order valence-electron chi connectivity index (χ4n) is 12.2. The molecule has 2 rings (SSSR count). The van der Waals surface area contributed by atoms with E-state index < -0.39 is 192 Å². The van der Waals surface area contributed by atoms with Crippen LogP contribution < -0.4 is 110 Å². The predicted molar refractivity (Wildman–Crippen MR) is 430 cm³/mol. The Morgan fingerprint density at radius 3 is 1.37 bits per heavy atom. The number of carboxylic acid groups (broad SMARTS) is 1. The van der Waals surface area contributed by atoms with Crippen molar-refractivity contribution in [3.8, 4) is 0 Å². The molecule has 0 unspecified atom stereocenters. The van der Waals surface area contributed by atoms with Crippen molar-refractivity contribution in [1.82, 2.24) is 68.7 Å². The number of likely N-dealkylation sites (tertiary alicyclic amines) is 1. The lowest BCUT2D eigenvalue weighted by molar-refractivity contribution is -0.143. The van der Waals surface area contributed by atoms with E-state index in [1.807, 2.05) is 18.2 Å². The summed E-state index contributed by atoms with van der Waals surface area (Å²) >= 11 is 0. The number of aliphatic imine (C=N–C) groups is 3. The van der Waals surface area contributed by atoms with Crippen molar-refractivity contribution in [3.05, 3.63) is 35.9 Å². The normalized spacial score (nSPS) is 16.5. The quantitative estimate of drug-likeness (QED) is 0.0164. The third kappa shape index (κ3) is 37.5. The van der Waals surface area contributed by atoms with E-state index in [9.17, 15) is 82.4 Å². The average Bonchev–Trinajstić information content (AvgIpc) is 1.79. The van der Waals surface area contributed by atoms with E-state index in [2.05, 4.69) is 78.8 Å². The molecular formula is C74H130N24O17. The van der Waals surface area contributed by atoms with Crippen molar-refractivity contribution in [2.45, 2.75) is 263 Å². The Bertz CT molecular complexity index is 3440. The van der Waals surface area contributed by atoms with Crippen LogP contribution in [0, 0.1) is 23.7 Å². The van der Waals surface area contributed by atoms with Crippen molar-refractivity contribution in [3.63, 3.8) is 0 Å². The lowest BCUT2D eigenvalue weighted by Crippen LogP contribution is -2.62. The van der Waals surface area contributed by atoms with Crippen LogP contribution in [0.15, 0.2) is 45.3 Å². The van der Waals surface area contributed by atoms with Crippen molar-refractivity contribution < 1.29 is 82.4 Å². The van der Waals surface area contributed by atoms with Gasteiger partial charge in [-0.25, -0.2) is 4.79 Å². The monoisotopic (exact) mass is 1630 g/mol. The van der Waals surface area contributed by atoms with E-state index >= 15 is 0 Å². The van der Waals surface area contributed by atoms with Crippen LogP contribution >= 0.6 is 0 Å². The summed E-state index contributed by atoms with van der Waals surface area (Å²) in [6.07, 6.45) is -1.43. The summed E-state index contributed by atoms with van der Waals surface area (Å²) in [5, 5.41) is 62.2. The number of aliphatic hydroxyl groups is 2. The van der Waals surface area contributed by atoms with Crippen LogP contribution in [0.5, 0.6) is 0 Å². The molecule has 1 aliphatic rings. The number of hydrogen-bond acceptors (Lipinski definition) is 21. The Hall–Kier alpha value is -10.5. The van der Waals surface area contributed by atoms with Gasteiger partial charge in [0, 0.05) is 26.2 Å². The summed E-state index contributed by atoms with van der Waals surface area (Å²) in [6.45, 7) is 16.9. The van der Waals surface area contributed by atoms with Gasteiger partial charge in [0.25, 0.3) is 0 Å². The zero-order valence-corrected chi connectivity index (χ0v) is 68.2. The van der Waals surface area contributed by atoms with E-state index in [4.69, 9.17) is 45.9 Å². The van der Waals surface area contributed by atoms with Crippen molar-refractivity contribution in [2.75, 3.05) is 39.3 Å². The third-order valence-corrected chi connectivity index (χ3v) is 18.8. The first-order valence-corrected chi connectivity index (χ1v) is 39.2. The van der Waals surface area contributed by atoms with Crippen molar-refractivity contribution in [2.24, 2.45) is 84.5 Å². The van der Waals surface area contributed by atoms with E-state index in [0.717, 1.165) is 19.4 Å². The van der Waals surface area contributed by atoms with Crippen molar-refractivity contribution in [1.29, 1.82) is 0 Å². The molecule has 0 radical (unpaired) electrons. The van der Waals surface area contributed by atoms with Crippen LogP contribution in [0.2, 0.25) is 0 Å². The minimum Gasteiger partial charge on any atom is -0.480 e. The number of nitrogens with one attached hydrogen (secondary N) is 12. The fraction of sp³-hybridized carbons (Fsp3) is 0.689. The molecule has 0 aromatic heterocycles. The molecule has 16 atom stereocenters. The maximum absolute atomic E-state index is 14.6. The zero-order chi connectivity index (χ0) is 86.9. The number of unbranched alkanes of at least 4 members (excludes halogenated alkanes) is 1. The Morgan fingerprint density at radius 2 is 0.896 bits per heavy atom. The van der Waals surface area contributed by atoms with Crippen LogP contribution in [0.4, 0.5) is 0 Å². The van der Waals surface area contributed by atoms with Gasteiger partial charge in [-0.1, -0.05) is 92.1 Å². The van der Waals surface area contributed by atoms with Gasteiger partial charge in [0.15, 0.2) is 17.9 Å². The number of nitrogens with two attached hydrogens (primary N) is 8. The second-order valence-electron chi connectivity index (χ2n) is 30.1. The van der Waals surface area contributed by atoms with Crippen LogP contribution in [-0.2, 0) is 73.5 Å². The Balaban J connectivity index is 2.37. The predicted octanol–water partition coefficient (Wildman–Crippen LogP) is -6.05. The van der Waals surface area contributed by atoms with Gasteiger partial charge in [0.2, 0.25) is 76.8 Å². The van der Waals surface area contributed by atoms with Crippen molar-refractivity contribution >= 4 is 101 Å². The molecule has 1 saturated heterocycles. The van der Waals surface area contributed by atoms with Gasteiger partial charge in [-0.3, -0.25) is 77.3 Å². The Kier molecular flexibility index (Phi) is 45.5. The first kappa shape index (κ1) is 101. The zero-order valence-electron chi connectivity index (χ0n) is 68.2. The molecule has 41 heteroatoms. The number of rotatable bonds is 53. The maximum atomic E-state index is 14.6. The number of carbonyl (C=O) groups is 14. The molecule has 31 N–H and O–H groups in total. The highest BCUT2D eigenvalue weighted by molar-refractivity contribution is 6.00. The molecule has 1 aliphatic heterocycles. The van der Waals surface area contributed by atoms with E-state index in [-0.39, 0.29) is 139 Å². The molecule has 648 valence electrons. The molecule has 1 aromatic rings. The summed E-state index contributed by atoms with van der Waals surface area (Å²) in [5.74, 6) is -15.0. The fourth-order valence-corrected chi connectivity index (χ4v) is 12.2. The highest BCUT2D eigenvalue weighted by Gasteiger charge is 2.42. The average molecular weight is 1630 g/mol. The maximum Gasteiger partial charge on any atom is 0.326 e. The number of amides is 13. The number of aliphatic hydroxyl groups excluding tert-OH is 2. The van der Waals surface area contributed by atoms with Gasteiger partial charge >= 0.3 is 5.97 Å². The van der Waals surface area contributed by atoms with Crippen LogP contribution in [0.3, 0.4) is 0 Å². The van der Waals surface area contributed by atoms with Crippen LogP contribution in [0.1, 0.15) is 172 Å². The van der Waals surface area contributed by atoms with E-state index in [1.165, 1.54) is 11.8 Å². The molecule has 0 spiro atoms. The third-order valence-electron chi connectivity index (χ3n) is 18.8. The minimum atomic E-state index is -1.84. The molecule has 1 heterocycles. The second kappa shape index (κ2) is 52.0. The van der Waals surface area contributed by atoms with Gasteiger partial charge in [-0.2, -0.15) is 0 Å². The topological polar surface area (TPSA) is 693 Å². The molecular weight excluding hydrogens is 1500 g/mol. The Morgan fingerprint density at radius 1 is 0.478 bits per heavy atom. The number of carboxylic acids is 1. The standard InChI is InChI=1S/C74H130N24O17/c1-12-41(8)56(96-64(107)51(34-38(2)3)92-59(102)42(9)87-65(108)53-28-21-33-98(53)70(113)50(27-20-32-85-74(81)82)91-60(103)46(76)36-45-22-14-13-15-23-45)67(110)95-55(40(6)7)66(109)89-49(26-19-31-84-73(79)80)63(106)97-58(44(11)100)69(112)88-47(24-16-17-29-75)61(104)86-37-54(101)94-57(43(10)99)68(111)90-48(25-18-30-83-72(77)78)62(105)93-52(71(114)115)35-39(4)5/h13-15,22-23,38-44,46-53,55-58,99-100H,12,16-21,24-37,75-76H2,1-11H3,(H,86,104)(H,87,108)(H,88,112)(H,89,109)(H,90,111)(H,91,103)(H,92,102)(H,93,105)(H,94,101)(H,95,110)(H,96,107)(H,97,106)(H,114,115)(H4,77,78,83)(H4,79,80,84)(H4,81,82,85)/t41-,42-,43-,44-,46-,47-,48-,49-,50-,51-,52-,53-,55-,56-,57-,58-/m0/s1. The van der Waals surface area contributed by atoms with Crippen LogP contribution in [0.25, 0.3) is 0 Å². The summed E-state index contributed by atoms with van der Waals surface area (Å²) in [4.78, 5) is 208. The number of carbonyl (C=O) groups excluding carboxylic acids is 13. The molecule has 0 aliphatic carbocycles. The van der Waals surface area contributed by atoms with Gasteiger partial charge in [0.05, 0.1) is 24.8 Å². The summed E-state index contributed by atoms with van der Waals surface area (Å²) < 4.78 is 0. The Labute approximate surface area is 672 Å². The summed E-state index contributed by atoms with van der Waals surface area (Å²) in [7, 11) is 0. The number of guanidine groups is 3. The minimum absolute atomic E-state index is 0.0164. The summed E-state index contributed by atoms with van der Waals surface area (Å²) in [5.41, 5.74) is 45.9. The highest BCUT2D eigenvalue weighted by Crippen LogP contribution is 2.22. The van der Waals surface area contributed by atoms with Gasteiger partial charge in [0.1, 0.15) is 72.5 Å².